The average Bonchev–Trinajstić information content (AvgIpc) is 2.45. The van der Waals surface area contributed by atoms with Crippen LogP contribution >= 0.6 is 0 Å². The summed E-state index contributed by atoms with van der Waals surface area (Å²) in [5.41, 5.74) is 1.18. The number of rotatable bonds is 7. The van der Waals surface area contributed by atoms with Crippen molar-refractivity contribution in [1.82, 2.24) is 10.2 Å². The second-order valence-corrected chi connectivity index (χ2v) is 4.24. The molecule has 19 heavy (non-hydrogen) atoms. The summed E-state index contributed by atoms with van der Waals surface area (Å²) in [6.45, 7) is 1.73. The second-order valence-electron chi connectivity index (χ2n) is 4.24. The van der Waals surface area contributed by atoms with Crippen LogP contribution in [0.3, 0.4) is 0 Å². The van der Waals surface area contributed by atoms with Gasteiger partial charge in [0.05, 0.1) is 13.7 Å². The molecular formula is C14H22N2O3. The number of hydrogen-bond acceptors (Lipinski definition) is 3. The highest BCUT2D eigenvalue weighted by molar-refractivity contribution is 5.73. The minimum atomic E-state index is -0.0782. The fraction of sp³-hybridized carbons (Fsp3) is 0.500. The molecule has 0 bridgehead atoms. The largest absolute Gasteiger partial charge is 0.497 e. The number of likely N-dealkylation sites (N-methyl/N-ethyl adjacent to an activating group) is 1. The van der Waals surface area contributed by atoms with Gasteiger partial charge in [0.25, 0.3) is 0 Å². The van der Waals surface area contributed by atoms with E-state index in [1.54, 1.807) is 26.2 Å². The zero-order valence-electron chi connectivity index (χ0n) is 11.8. The van der Waals surface area contributed by atoms with Gasteiger partial charge in [-0.25, -0.2) is 4.79 Å². The lowest BCUT2D eigenvalue weighted by molar-refractivity contribution is 0.185. The van der Waals surface area contributed by atoms with Gasteiger partial charge in [-0.3, -0.25) is 0 Å². The zero-order valence-corrected chi connectivity index (χ0v) is 11.8. The smallest absolute Gasteiger partial charge is 0.317 e. The van der Waals surface area contributed by atoms with Crippen molar-refractivity contribution in [2.45, 2.75) is 6.42 Å². The number of nitrogens with one attached hydrogen (secondary N) is 1. The molecule has 0 fully saturated rings. The highest BCUT2D eigenvalue weighted by Crippen LogP contribution is 2.11. The van der Waals surface area contributed by atoms with Gasteiger partial charge in [-0.1, -0.05) is 12.1 Å². The zero-order chi connectivity index (χ0) is 14.1. The summed E-state index contributed by atoms with van der Waals surface area (Å²) in [7, 11) is 5.04. The first kappa shape index (κ1) is 15.3. The van der Waals surface area contributed by atoms with Crippen molar-refractivity contribution < 1.29 is 14.3 Å². The lowest BCUT2D eigenvalue weighted by Crippen LogP contribution is -2.39. The van der Waals surface area contributed by atoms with Crippen molar-refractivity contribution >= 4 is 6.03 Å². The number of nitrogens with zero attached hydrogens (tertiary/aromatic N) is 1. The van der Waals surface area contributed by atoms with Gasteiger partial charge < -0.3 is 19.7 Å². The number of amides is 2. The Labute approximate surface area is 114 Å². The first-order valence-electron chi connectivity index (χ1n) is 6.28. The van der Waals surface area contributed by atoms with E-state index in [0.717, 1.165) is 12.2 Å². The van der Waals surface area contributed by atoms with Gasteiger partial charge >= 0.3 is 6.03 Å². The Kier molecular flexibility index (Phi) is 6.74. The van der Waals surface area contributed by atoms with E-state index >= 15 is 0 Å². The van der Waals surface area contributed by atoms with Crippen LogP contribution in [0, 0.1) is 0 Å². The maximum Gasteiger partial charge on any atom is 0.317 e. The molecule has 5 nitrogen and oxygen atoms in total. The topological polar surface area (TPSA) is 50.8 Å². The Morgan fingerprint density at radius 3 is 2.53 bits per heavy atom. The lowest BCUT2D eigenvalue weighted by atomic mass is 10.1. The molecule has 1 N–H and O–H groups in total. The van der Waals surface area contributed by atoms with Crippen LogP contribution in [-0.2, 0) is 11.2 Å². The molecule has 0 aliphatic rings. The van der Waals surface area contributed by atoms with Crippen LogP contribution in [0.15, 0.2) is 24.3 Å². The van der Waals surface area contributed by atoms with Crippen molar-refractivity contribution in [3.63, 3.8) is 0 Å². The molecule has 0 aliphatic carbocycles. The number of carbonyl (C=O) groups is 1. The van der Waals surface area contributed by atoms with E-state index in [4.69, 9.17) is 9.47 Å². The van der Waals surface area contributed by atoms with Crippen LogP contribution < -0.4 is 10.1 Å². The minimum absolute atomic E-state index is 0.0782. The van der Waals surface area contributed by atoms with Gasteiger partial charge in [0.2, 0.25) is 0 Å². The van der Waals surface area contributed by atoms with E-state index in [0.29, 0.717) is 19.7 Å². The molecular weight excluding hydrogens is 244 g/mol. The van der Waals surface area contributed by atoms with Gasteiger partial charge in [0, 0.05) is 27.2 Å². The highest BCUT2D eigenvalue weighted by Gasteiger charge is 2.07. The number of urea groups is 1. The molecule has 0 heterocycles. The number of carbonyl (C=O) groups excluding carboxylic acids is 1. The standard InChI is InChI=1S/C14H22N2O3/c1-16(14(17)15-9-11-18-2)10-8-12-4-6-13(19-3)7-5-12/h4-7H,8-11H2,1-3H3,(H,15,17). The summed E-state index contributed by atoms with van der Waals surface area (Å²) in [5, 5.41) is 2.78. The second kappa shape index (κ2) is 8.37. The van der Waals surface area contributed by atoms with Gasteiger partial charge in [0.15, 0.2) is 0 Å². The Morgan fingerprint density at radius 2 is 1.95 bits per heavy atom. The molecule has 0 atom stereocenters. The monoisotopic (exact) mass is 266 g/mol. The summed E-state index contributed by atoms with van der Waals surface area (Å²) in [5.74, 6) is 0.842. The summed E-state index contributed by atoms with van der Waals surface area (Å²) in [6, 6.07) is 7.79. The third-order valence-corrected chi connectivity index (χ3v) is 2.82. The maximum absolute atomic E-state index is 11.7. The molecule has 1 aromatic carbocycles. The molecule has 0 aromatic heterocycles. The van der Waals surface area contributed by atoms with Crippen molar-refractivity contribution in [2.75, 3.05) is 41.0 Å². The Hall–Kier alpha value is -1.75. The third-order valence-electron chi connectivity index (χ3n) is 2.82. The molecule has 0 aliphatic heterocycles. The van der Waals surface area contributed by atoms with Crippen molar-refractivity contribution in [2.24, 2.45) is 0 Å². The number of hydrogen-bond donors (Lipinski definition) is 1. The first-order chi connectivity index (χ1) is 9.17. The lowest BCUT2D eigenvalue weighted by Gasteiger charge is -2.17. The molecule has 106 valence electrons. The van der Waals surface area contributed by atoms with Gasteiger partial charge in [-0.2, -0.15) is 0 Å². The average molecular weight is 266 g/mol. The quantitative estimate of drug-likeness (QED) is 0.761. The predicted octanol–water partition coefficient (Wildman–Crippen LogP) is 1.53. The van der Waals surface area contributed by atoms with Crippen LogP contribution in [-0.4, -0.2) is 51.9 Å². The summed E-state index contributed by atoms with van der Waals surface area (Å²) in [4.78, 5) is 13.3. The molecule has 1 rings (SSSR count). The van der Waals surface area contributed by atoms with E-state index in [9.17, 15) is 4.79 Å². The van der Waals surface area contributed by atoms with E-state index in [-0.39, 0.29) is 6.03 Å². The van der Waals surface area contributed by atoms with Gasteiger partial charge in [-0.05, 0) is 24.1 Å². The van der Waals surface area contributed by atoms with Gasteiger partial charge in [-0.15, -0.1) is 0 Å². The molecule has 0 radical (unpaired) electrons. The Balaban J connectivity index is 2.32. The molecule has 0 saturated carbocycles. The molecule has 0 saturated heterocycles. The van der Waals surface area contributed by atoms with Crippen LogP contribution in [0.25, 0.3) is 0 Å². The van der Waals surface area contributed by atoms with Crippen LogP contribution in [0.2, 0.25) is 0 Å². The fourth-order valence-corrected chi connectivity index (χ4v) is 1.59. The van der Waals surface area contributed by atoms with Crippen molar-refractivity contribution in [3.05, 3.63) is 29.8 Å². The van der Waals surface area contributed by atoms with Crippen LogP contribution in [0.5, 0.6) is 5.75 Å². The van der Waals surface area contributed by atoms with E-state index in [1.165, 1.54) is 5.56 Å². The van der Waals surface area contributed by atoms with Crippen LogP contribution in [0.1, 0.15) is 5.56 Å². The number of ether oxygens (including phenoxy) is 2. The van der Waals surface area contributed by atoms with E-state index < -0.39 is 0 Å². The third kappa shape index (κ3) is 5.61. The molecule has 2 amide bonds. The Morgan fingerprint density at radius 1 is 1.26 bits per heavy atom. The van der Waals surface area contributed by atoms with Crippen LogP contribution in [0.4, 0.5) is 4.79 Å². The number of benzene rings is 1. The fourth-order valence-electron chi connectivity index (χ4n) is 1.59. The van der Waals surface area contributed by atoms with E-state index in [1.807, 2.05) is 24.3 Å². The Bertz CT molecular complexity index is 379. The first-order valence-corrected chi connectivity index (χ1v) is 6.28. The van der Waals surface area contributed by atoms with Crippen molar-refractivity contribution in [3.8, 4) is 5.75 Å². The molecule has 1 aromatic rings. The summed E-state index contributed by atoms with van der Waals surface area (Å²) < 4.78 is 9.98. The van der Waals surface area contributed by atoms with Gasteiger partial charge in [0.1, 0.15) is 5.75 Å². The SMILES string of the molecule is COCCNC(=O)N(C)CCc1ccc(OC)cc1. The normalized spacial score (nSPS) is 10.1. The molecule has 5 heteroatoms. The maximum atomic E-state index is 11.7. The van der Waals surface area contributed by atoms with E-state index in [2.05, 4.69) is 5.32 Å². The number of methoxy groups -OCH3 is 2. The predicted molar refractivity (Wildman–Crippen MR) is 74.6 cm³/mol. The minimum Gasteiger partial charge on any atom is -0.497 e. The van der Waals surface area contributed by atoms with Crippen molar-refractivity contribution in [1.29, 1.82) is 0 Å². The molecule has 0 spiro atoms. The molecule has 0 unspecified atom stereocenters. The highest BCUT2D eigenvalue weighted by atomic mass is 16.5. The summed E-state index contributed by atoms with van der Waals surface area (Å²) in [6.07, 6.45) is 0.818. The summed E-state index contributed by atoms with van der Waals surface area (Å²) >= 11 is 0.